The Bertz CT molecular complexity index is 717. The van der Waals surface area contributed by atoms with E-state index in [0.29, 0.717) is 17.4 Å². The van der Waals surface area contributed by atoms with Crippen LogP contribution in [0.2, 0.25) is 0 Å². The first-order valence-electron chi connectivity index (χ1n) is 8.77. The summed E-state index contributed by atoms with van der Waals surface area (Å²) in [5, 5.41) is 1.23. The quantitative estimate of drug-likeness (QED) is 0.810. The molecule has 122 valence electrons. The lowest BCUT2D eigenvalue weighted by Crippen LogP contribution is -2.56. The maximum absolute atomic E-state index is 10.8. The van der Waals surface area contributed by atoms with Crippen molar-refractivity contribution in [2.45, 2.75) is 51.5 Å². The summed E-state index contributed by atoms with van der Waals surface area (Å²) >= 11 is 0. The van der Waals surface area contributed by atoms with Crippen LogP contribution in [0.4, 0.5) is 0 Å². The van der Waals surface area contributed by atoms with Crippen molar-refractivity contribution in [3.05, 3.63) is 30.1 Å². The Morgan fingerprint density at radius 3 is 2.61 bits per heavy atom. The molecule has 2 aromatic heterocycles. The Labute approximate surface area is 137 Å². The molecule has 0 bridgehead atoms. The minimum atomic E-state index is 0.416. The summed E-state index contributed by atoms with van der Waals surface area (Å²) < 4.78 is 2.26. The van der Waals surface area contributed by atoms with E-state index in [1.54, 1.807) is 0 Å². The van der Waals surface area contributed by atoms with E-state index in [-0.39, 0.29) is 0 Å². The average Bonchev–Trinajstić information content (AvgIpc) is 2.96. The summed E-state index contributed by atoms with van der Waals surface area (Å²) in [4.78, 5) is 17.7. The monoisotopic (exact) mass is 311 g/mol. The second-order valence-electron chi connectivity index (χ2n) is 7.75. The van der Waals surface area contributed by atoms with Crippen molar-refractivity contribution >= 4 is 17.4 Å². The van der Waals surface area contributed by atoms with Gasteiger partial charge in [-0.05, 0) is 57.7 Å². The zero-order valence-electron chi connectivity index (χ0n) is 14.0. The molecule has 4 nitrogen and oxygen atoms in total. The maximum atomic E-state index is 10.8. The molecule has 1 amide bonds. The average molecular weight is 311 g/mol. The summed E-state index contributed by atoms with van der Waals surface area (Å²) in [5.41, 5.74) is 2.78. The molecule has 4 heteroatoms. The smallest absolute Gasteiger partial charge is 0.209 e. The third-order valence-corrected chi connectivity index (χ3v) is 5.83. The third kappa shape index (κ3) is 2.44. The predicted molar refractivity (Wildman–Crippen MR) is 91.4 cm³/mol. The van der Waals surface area contributed by atoms with Crippen molar-refractivity contribution in [3.63, 3.8) is 0 Å². The number of carbonyl (C=O) groups is 1. The molecule has 0 N–H and O–H groups in total. The molecule has 4 rings (SSSR count). The number of likely N-dealkylation sites (tertiary alicyclic amines) is 1. The van der Waals surface area contributed by atoms with E-state index in [1.165, 1.54) is 36.8 Å². The summed E-state index contributed by atoms with van der Waals surface area (Å²) in [6.45, 7) is 6.33. The molecule has 1 aliphatic heterocycles. The minimum absolute atomic E-state index is 0.416. The lowest BCUT2D eigenvalue weighted by atomic mass is 9.65. The molecule has 0 radical (unpaired) electrons. The van der Waals surface area contributed by atoms with Gasteiger partial charge >= 0.3 is 0 Å². The molecule has 0 atom stereocenters. The number of fused-ring (bicyclic) bond motifs is 1. The summed E-state index contributed by atoms with van der Waals surface area (Å²) in [6.07, 6.45) is 8.00. The summed E-state index contributed by atoms with van der Waals surface area (Å²) in [5.74, 6) is 0.575. The second kappa shape index (κ2) is 5.36. The van der Waals surface area contributed by atoms with E-state index in [1.807, 2.05) is 4.90 Å². The highest BCUT2D eigenvalue weighted by Crippen LogP contribution is 2.47. The van der Waals surface area contributed by atoms with E-state index < -0.39 is 0 Å². The number of hydrogen-bond donors (Lipinski definition) is 0. The van der Waals surface area contributed by atoms with E-state index in [0.717, 1.165) is 25.1 Å². The number of nitrogens with zero attached hydrogens (tertiary/aromatic N) is 3. The number of aromatic nitrogens is 2. The van der Waals surface area contributed by atoms with E-state index in [9.17, 15) is 4.79 Å². The van der Waals surface area contributed by atoms with Crippen molar-refractivity contribution in [2.75, 3.05) is 13.1 Å². The Morgan fingerprint density at radius 1 is 1.22 bits per heavy atom. The highest BCUT2D eigenvalue weighted by Gasteiger charge is 2.44. The first kappa shape index (κ1) is 14.7. The third-order valence-electron chi connectivity index (χ3n) is 5.83. The van der Waals surface area contributed by atoms with Gasteiger partial charge < -0.3 is 9.47 Å². The number of carbonyl (C=O) groups excluding carboxylic acids is 1. The van der Waals surface area contributed by atoms with Crippen LogP contribution in [0.3, 0.4) is 0 Å². The van der Waals surface area contributed by atoms with Gasteiger partial charge in [0.15, 0.2) is 0 Å². The molecule has 0 aromatic carbocycles. The van der Waals surface area contributed by atoms with Gasteiger partial charge in [-0.15, -0.1) is 0 Å². The van der Waals surface area contributed by atoms with E-state index in [4.69, 9.17) is 4.98 Å². The predicted octanol–water partition coefficient (Wildman–Crippen LogP) is 3.73. The lowest BCUT2D eigenvalue weighted by molar-refractivity contribution is -0.131. The van der Waals surface area contributed by atoms with Gasteiger partial charge in [0.05, 0.1) is 0 Å². The van der Waals surface area contributed by atoms with Gasteiger partial charge in [0.25, 0.3) is 0 Å². The van der Waals surface area contributed by atoms with Gasteiger partial charge in [-0.25, -0.2) is 4.98 Å². The first-order chi connectivity index (χ1) is 11.1. The molecule has 1 aliphatic carbocycles. The molecule has 3 heterocycles. The number of rotatable bonds is 3. The zero-order chi connectivity index (χ0) is 16.0. The van der Waals surface area contributed by atoms with Crippen LogP contribution in [0, 0.1) is 5.41 Å². The molecular weight excluding hydrogens is 286 g/mol. The molecule has 2 aliphatic rings. The lowest BCUT2D eigenvalue weighted by Gasteiger charge is -2.52. The van der Waals surface area contributed by atoms with Crippen molar-refractivity contribution in [3.8, 4) is 0 Å². The van der Waals surface area contributed by atoms with Crippen LogP contribution in [-0.4, -0.2) is 34.0 Å². The molecule has 1 spiro atoms. The van der Waals surface area contributed by atoms with Gasteiger partial charge in [0.1, 0.15) is 5.65 Å². The summed E-state index contributed by atoms with van der Waals surface area (Å²) in [7, 11) is 0. The molecule has 2 fully saturated rings. The molecule has 23 heavy (non-hydrogen) atoms. The molecule has 2 aromatic rings. The van der Waals surface area contributed by atoms with Gasteiger partial charge in [-0.1, -0.05) is 0 Å². The fourth-order valence-corrected chi connectivity index (χ4v) is 4.42. The van der Waals surface area contributed by atoms with Crippen LogP contribution < -0.4 is 0 Å². The SMILES string of the molecule is CC(C)n1ccc2ccc(C3CCC4(CC3)CN(C=O)C4)nc21. The Balaban J connectivity index is 1.52. The van der Waals surface area contributed by atoms with Crippen molar-refractivity contribution in [2.24, 2.45) is 5.41 Å². The number of pyridine rings is 1. The van der Waals surface area contributed by atoms with Gasteiger partial charge in [0, 0.05) is 47.7 Å². The van der Waals surface area contributed by atoms with Crippen LogP contribution >= 0.6 is 0 Å². The van der Waals surface area contributed by atoms with Crippen molar-refractivity contribution < 1.29 is 4.79 Å². The summed E-state index contributed by atoms with van der Waals surface area (Å²) in [6, 6.07) is 7.03. The second-order valence-corrected chi connectivity index (χ2v) is 7.75. The standard InChI is InChI=1S/C19H25N3O/c1-14(2)22-10-7-16-3-4-17(20-18(16)22)15-5-8-19(9-6-15)11-21(12-19)13-23/h3-4,7,10,13-15H,5-6,8-9,11-12H2,1-2H3. The van der Waals surface area contributed by atoms with Crippen LogP contribution in [0.1, 0.15) is 57.2 Å². The van der Waals surface area contributed by atoms with E-state index in [2.05, 4.69) is 42.8 Å². The van der Waals surface area contributed by atoms with Crippen molar-refractivity contribution in [1.82, 2.24) is 14.5 Å². The normalized spacial score (nSPS) is 21.1. The topological polar surface area (TPSA) is 38.1 Å². The van der Waals surface area contributed by atoms with E-state index >= 15 is 0 Å². The zero-order valence-corrected chi connectivity index (χ0v) is 14.0. The van der Waals surface area contributed by atoms with Crippen LogP contribution in [0.25, 0.3) is 11.0 Å². The van der Waals surface area contributed by atoms with Crippen molar-refractivity contribution in [1.29, 1.82) is 0 Å². The van der Waals surface area contributed by atoms with Crippen LogP contribution in [0.15, 0.2) is 24.4 Å². The fraction of sp³-hybridized carbons (Fsp3) is 0.579. The molecule has 1 saturated heterocycles. The Hall–Kier alpha value is -1.84. The maximum Gasteiger partial charge on any atom is 0.209 e. The molecule has 0 unspecified atom stereocenters. The highest BCUT2D eigenvalue weighted by atomic mass is 16.1. The highest BCUT2D eigenvalue weighted by molar-refractivity contribution is 5.76. The number of amides is 1. The molecule has 1 saturated carbocycles. The fourth-order valence-electron chi connectivity index (χ4n) is 4.42. The van der Waals surface area contributed by atoms with Crippen LogP contribution in [0.5, 0.6) is 0 Å². The van der Waals surface area contributed by atoms with Gasteiger partial charge in [0.2, 0.25) is 6.41 Å². The first-order valence-corrected chi connectivity index (χ1v) is 8.77. The Kier molecular flexibility index (Phi) is 3.43. The largest absolute Gasteiger partial charge is 0.344 e. The Morgan fingerprint density at radius 2 is 1.96 bits per heavy atom. The van der Waals surface area contributed by atoms with Gasteiger partial charge in [-0.3, -0.25) is 4.79 Å². The van der Waals surface area contributed by atoms with Crippen LogP contribution in [-0.2, 0) is 4.79 Å². The van der Waals surface area contributed by atoms with Gasteiger partial charge in [-0.2, -0.15) is 0 Å². The minimum Gasteiger partial charge on any atom is -0.344 e. The molecular formula is C19H25N3O. The number of hydrogen-bond acceptors (Lipinski definition) is 2.